The number of aliphatic hydroxyl groups is 1. The Labute approximate surface area is 175 Å². The lowest BCUT2D eigenvalue weighted by molar-refractivity contribution is -0.148. The van der Waals surface area contributed by atoms with Gasteiger partial charge in [-0.05, 0) is 42.8 Å². The number of hydrogen-bond acceptors (Lipinski definition) is 6. The first-order chi connectivity index (χ1) is 14.5. The van der Waals surface area contributed by atoms with E-state index < -0.39 is 6.04 Å². The van der Waals surface area contributed by atoms with Crippen LogP contribution in [-0.2, 0) is 16.1 Å². The molecule has 4 rings (SSSR count). The molecule has 2 aliphatic rings. The van der Waals surface area contributed by atoms with Crippen LogP contribution in [0.2, 0.25) is 0 Å². The van der Waals surface area contributed by atoms with E-state index in [9.17, 15) is 14.7 Å². The van der Waals surface area contributed by atoms with Gasteiger partial charge in [0.25, 0.3) is 5.56 Å². The monoisotopic (exact) mass is 412 g/mol. The second-order valence-corrected chi connectivity index (χ2v) is 7.98. The molecule has 1 saturated heterocycles. The van der Waals surface area contributed by atoms with E-state index in [4.69, 9.17) is 9.47 Å². The molecule has 1 N–H and O–H groups in total. The highest BCUT2D eigenvalue weighted by Gasteiger charge is 2.55. The van der Waals surface area contributed by atoms with Crippen LogP contribution in [-0.4, -0.2) is 54.0 Å². The largest absolute Gasteiger partial charge is 0.497 e. The molecule has 0 spiro atoms. The summed E-state index contributed by atoms with van der Waals surface area (Å²) in [4.78, 5) is 28.0. The normalized spacial score (nSPS) is 25.1. The Morgan fingerprint density at radius 2 is 2.03 bits per heavy atom. The van der Waals surface area contributed by atoms with Crippen molar-refractivity contribution in [2.45, 2.75) is 32.0 Å². The van der Waals surface area contributed by atoms with Crippen molar-refractivity contribution in [3.05, 3.63) is 52.4 Å². The number of hydrogen-bond donors (Lipinski definition) is 1. The fourth-order valence-electron chi connectivity index (χ4n) is 5.22. The number of fused-ring (bicyclic) bond motifs is 3. The number of carbonyl (C=O) groups excluding carboxylic acids is 1. The lowest BCUT2D eigenvalue weighted by atomic mass is 9.88. The maximum Gasteiger partial charge on any atom is 0.323 e. The molecule has 4 atom stereocenters. The molecule has 0 unspecified atom stereocenters. The molecular weight excluding hydrogens is 384 g/mol. The van der Waals surface area contributed by atoms with Crippen LogP contribution in [0.5, 0.6) is 5.75 Å². The summed E-state index contributed by atoms with van der Waals surface area (Å²) in [6, 6.07) is 10.7. The maximum absolute atomic E-state index is 13.4. The van der Waals surface area contributed by atoms with Crippen molar-refractivity contribution in [2.24, 2.45) is 11.8 Å². The maximum atomic E-state index is 13.4. The van der Waals surface area contributed by atoms with Gasteiger partial charge in [0.2, 0.25) is 0 Å². The van der Waals surface area contributed by atoms with Crippen molar-refractivity contribution in [2.75, 3.05) is 27.4 Å². The van der Waals surface area contributed by atoms with E-state index >= 15 is 0 Å². The van der Waals surface area contributed by atoms with Crippen LogP contribution < -0.4 is 10.3 Å². The first kappa shape index (κ1) is 20.6. The summed E-state index contributed by atoms with van der Waals surface area (Å²) in [6.07, 6.45) is 0.862. The van der Waals surface area contributed by atoms with E-state index in [-0.39, 0.29) is 36.0 Å². The highest BCUT2D eigenvalue weighted by Crippen LogP contribution is 2.49. The van der Waals surface area contributed by atoms with Gasteiger partial charge >= 0.3 is 5.97 Å². The number of aromatic nitrogens is 1. The van der Waals surface area contributed by atoms with E-state index in [0.717, 1.165) is 17.7 Å². The van der Waals surface area contributed by atoms with E-state index in [0.29, 0.717) is 24.4 Å². The van der Waals surface area contributed by atoms with Crippen LogP contribution in [0.15, 0.2) is 41.2 Å². The molecule has 0 radical (unpaired) electrons. The summed E-state index contributed by atoms with van der Waals surface area (Å²) >= 11 is 0. The number of nitrogens with zero attached hydrogens (tertiary/aromatic N) is 2. The first-order valence-electron chi connectivity index (χ1n) is 10.4. The van der Waals surface area contributed by atoms with Crippen LogP contribution in [0.1, 0.15) is 25.1 Å². The minimum Gasteiger partial charge on any atom is -0.497 e. The Balaban J connectivity index is 1.78. The second kappa shape index (κ2) is 8.24. The van der Waals surface area contributed by atoms with Crippen LogP contribution in [0.4, 0.5) is 0 Å². The Morgan fingerprint density at radius 1 is 1.23 bits per heavy atom. The number of likely N-dealkylation sites (tertiary alicyclic amines) is 1. The number of rotatable bonds is 6. The lowest BCUT2D eigenvalue weighted by Crippen LogP contribution is -2.43. The molecule has 7 nitrogen and oxygen atoms in total. The predicted octanol–water partition coefficient (Wildman–Crippen LogP) is 2.07. The van der Waals surface area contributed by atoms with Crippen molar-refractivity contribution < 1.29 is 19.4 Å². The number of aliphatic hydroxyl groups excluding tert-OH is 1. The molecule has 1 fully saturated rings. The zero-order valence-electron chi connectivity index (χ0n) is 17.6. The SMILES string of the molecule is CCCN1[C@H](C(=O)OC)[C@@H](CO)[C@@H]2Cn3c(ccc(-c4cccc(OC)c4)c3=O)[C@@H]21. The van der Waals surface area contributed by atoms with Crippen molar-refractivity contribution in [3.63, 3.8) is 0 Å². The number of methoxy groups -OCH3 is 2. The molecule has 3 heterocycles. The third-order valence-corrected chi connectivity index (χ3v) is 6.50. The standard InChI is InChI=1S/C23H28N2O5/c1-4-10-24-20-17(18(13-26)21(24)23(28)30-3)12-25-19(20)9-8-16(22(25)27)14-6-5-7-15(11-14)29-2/h5-9,11,17-18,20-21,26H,4,10,12-13H2,1-3H3/t17-,18-,20+,21-/m0/s1. The van der Waals surface area contributed by atoms with Crippen LogP contribution in [0.3, 0.4) is 0 Å². The van der Waals surface area contributed by atoms with Gasteiger partial charge in [0.1, 0.15) is 11.8 Å². The van der Waals surface area contributed by atoms with Gasteiger partial charge in [0, 0.05) is 36.2 Å². The summed E-state index contributed by atoms with van der Waals surface area (Å²) in [5.41, 5.74) is 2.26. The minimum absolute atomic E-state index is 0.0149. The van der Waals surface area contributed by atoms with Gasteiger partial charge in [-0.15, -0.1) is 0 Å². The molecule has 0 aliphatic carbocycles. The zero-order valence-corrected chi connectivity index (χ0v) is 17.6. The fourth-order valence-corrected chi connectivity index (χ4v) is 5.22. The van der Waals surface area contributed by atoms with E-state index in [2.05, 4.69) is 11.8 Å². The van der Waals surface area contributed by atoms with Gasteiger partial charge in [-0.2, -0.15) is 0 Å². The van der Waals surface area contributed by atoms with Gasteiger partial charge in [0.15, 0.2) is 0 Å². The summed E-state index contributed by atoms with van der Waals surface area (Å²) < 4.78 is 12.2. The van der Waals surface area contributed by atoms with E-state index in [1.54, 1.807) is 7.11 Å². The van der Waals surface area contributed by atoms with E-state index in [1.807, 2.05) is 41.0 Å². The first-order valence-corrected chi connectivity index (χ1v) is 10.4. The number of carbonyl (C=O) groups is 1. The molecule has 2 aromatic rings. The Bertz CT molecular complexity index is 1000. The van der Waals surface area contributed by atoms with Crippen molar-refractivity contribution in [3.8, 4) is 16.9 Å². The summed E-state index contributed by atoms with van der Waals surface area (Å²) in [5, 5.41) is 10.1. The molecule has 2 aliphatic heterocycles. The Kier molecular flexibility index (Phi) is 5.66. The van der Waals surface area contributed by atoms with Crippen molar-refractivity contribution in [1.29, 1.82) is 0 Å². The second-order valence-electron chi connectivity index (χ2n) is 7.98. The van der Waals surface area contributed by atoms with Crippen LogP contribution >= 0.6 is 0 Å². The minimum atomic E-state index is -0.489. The smallest absolute Gasteiger partial charge is 0.323 e. The molecule has 0 amide bonds. The number of esters is 1. The van der Waals surface area contributed by atoms with Gasteiger partial charge < -0.3 is 19.1 Å². The number of benzene rings is 1. The highest BCUT2D eigenvalue weighted by atomic mass is 16.5. The average Bonchev–Trinajstić information content (AvgIpc) is 3.29. The molecule has 0 saturated carbocycles. The lowest BCUT2D eigenvalue weighted by Gasteiger charge is -2.29. The summed E-state index contributed by atoms with van der Waals surface area (Å²) in [7, 11) is 2.98. The van der Waals surface area contributed by atoms with Crippen molar-refractivity contribution >= 4 is 5.97 Å². The predicted molar refractivity (Wildman–Crippen MR) is 112 cm³/mol. The number of ether oxygens (including phenoxy) is 2. The Hall–Kier alpha value is -2.64. The van der Waals surface area contributed by atoms with Gasteiger partial charge in [0.05, 0.1) is 20.3 Å². The quantitative estimate of drug-likeness (QED) is 0.732. The summed E-state index contributed by atoms with van der Waals surface area (Å²) in [5.74, 6) is 0.0935. The van der Waals surface area contributed by atoms with Crippen LogP contribution in [0, 0.1) is 11.8 Å². The molecule has 7 heteroatoms. The molecule has 160 valence electrons. The van der Waals surface area contributed by atoms with Crippen molar-refractivity contribution in [1.82, 2.24) is 9.47 Å². The topological polar surface area (TPSA) is 81.0 Å². The molecule has 1 aromatic carbocycles. The summed E-state index contributed by atoms with van der Waals surface area (Å²) in [6.45, 7) is 3.12. The third kappa shape index (κ3) is 3.13. The third-order valence-electron chi connectivity index (χ3n) is 6.50. The van der Waals surface area contributed by atoms with Gasteiger partial charge in [-0.1, -0.05) is 19.1 Å². The van der Waals surface area contributed by atoms with Gasteiger partial charge in [-0.3, -0.25) is 14.5 Å². The molecule has 0 bridgehead atoms. The molecular formula is C23H28N2O5. The molecule has 1 aromatic heterocycles. The number of pyridine rings is 1. The Morgan fingerprint density at radius 3 is 2.70 bits per heavy atom. The average molecular weight is 412 g/mol. The fraction of sp³-hybridized carbons (Fsp3) is 0.478. The van der Waals surface area contributed by atoms with Gasteiger partial charge in [-0.25, -0.2) is 0 Å². The highest BCUT2D eigenvalue weighted by molar-refractivity contribution is 5.77. The zero-order chi connectivity index (χ0) is 21.4. The van der Waals surface area contributed by atoms with E-state index in [1.165, 1.54) is 7.11 Å². The van der Waals surface area contributed by atoms with Crippen LogP contribution in [0.25, 0.3) is 11.1 Å². The molecule has 30 heavy (non-hydrogen) atoms.